The minimum Gasteiger partial charge on any atom is -0.477 e. The van der Waals surface area contributed by atoms with Crippen molar-refractivity contribution in [3.63, 3.8) is 0 Å². The molecule has 0 aromatic carbocycles. The number of rotatable bonds is 8. The molecule has 2 aromatic rings. The van der Waals surface area contributed by atoms with E-state index in [1.54, 1.807) is 47.3 Å². The first-order valence-corrected chi connectivity index (χ1v) is 15.0. The maximum absolute atomic E-state index is 14.0. The van der Waals surface area contributed by atoms with Gasteiger partial charge in [-0.05, 0) is 50.5 Å². The highest BCUT2D eigenvalue weighted by atomic mass is 19.4. The third-order valence-electron chi connectivity index (χ3n) is 9.21. The number of anilines is 1. The third-order valence-corrected chi connectivity index (χ3v) is 9.21. The largest absolute Gasteiger partial charge is 0.477 e. The van der Waals surface area contributed by atoms with Crippen LogP contribution in [0.1, 0.15) is 50.0 Å². The van der Waals surface area contributed by atoms with Crippen LogP contribution in [0, 0.1) is 0 Å². The summed E-state index contributed by atoms with van der Waals surface area (Å²) in [6.07, 6.45) is -2.30. The van der Waals surface area contributed by atoms with Crippen LogP contribution < -0.4 is 15.0 Å². The molecule has 1 N–H and O–H groups in total. The van der Waals surface area contributed by atoms with Crippen molar-refractivity contribution in [2.24, 2.45) is 0 Å². The number of nitrogens with zero attached hydrogens (tertiary/aromatic N) is 6. The lowest BCUT2D eigenvalue weighted by Crippen LogP contribution is -2.58. The number of hydrogen-bond acceptors (Lipinski definition) is 7. The fourth-order valence-electron chi connectivity index (χ4n) is 6.66. The molecule has 0 unspecified atom stereocenters. The number of hydrogen-bond donors (Lipinski definition) is 1. The molecule has 1 aliphatic carbocycles. The smallest absolute Gasteiger partial charge is 0.411 e. The van der Waals surface area contributed by atoms with Gasteiger partial charge in [0.15, 0.2) is 5.69 Å². The van der Waals surface area contributed by atoms with E-state index in [1.807, 2.05) is 18.7 Å². The van der Waals surface area contributed by atoms with E-state index in [0.717, 1.165) is 4.90 Å². The summed E-state index contributed by atoms with van der Waals surface area (Å²) in [5.41, 5.74) is -0.389. The normalized spacial score (nSPS) is 24.5. The van der Waals surface area contributed by atoms with Gasteiger partial charge in [-0.15, -0.1) is 0 Å². The highest BCUT2D eigenvalue weighted by molar-refractivity contribution is 5.99. The minimum atomic E-state index is -4.49. The van der Waals surface area contributed by atoms with Crippen LogP contribution in [0.2, 0.25) is 0 Å². The highest BCUT2D eigenvalue weighted by Gasteiger charge is 2.70. The molecule has 4 amide bonds. The Labute approximate surface area is 253 Å². The van der Waals surface area contributed by atoms with Crippen molar-refractivity contribution >= 4 is 23.5 Å². The van der Waals surface area contributed by atoms with E-state index in [4.69, 9.17) is 9.72 Å². The molecular weight excluding hydrogens is 579 g/mol. The molecule has 236 valence electrons. The van der Waals surface area contributed by atoms with E-state index in [9.17, 15) is 27.6 Å². The molecule has 14 heteroatoms. The number of ether oxygens (including phenoxy) is 1. The fraction of sp³-hybridized carbons (Fsp3) is 0.567. The molecule has 3 atom stereocenters. The van der Waals surface area contributed by atoms with E-state index >= 15 is 0 Å². The number of carbonyl (C=O) groups is 3. The predicted octanol–water partition coefficient (Wildman–Crippen LogP) is 3.30. The SMILES string of the molecule is CCOc1ncccc1-c1ccc(N2C[C@H]3CN(C4(C(F)(F)F)CC4)C(=O)N3C[C@H]2CC)c(C(=O)N[C@@H]2CC(=O)N(C)C2)n1. The van der Waals surface area contributed by atoms with Crippen LogP contribution in [0.5, 0.6) is 5.88 Å². The van der Waals surface area contributed by atoms with Gasteiger partial charge in [-0.2, -0.15) is 13.2 Å². The van der Waals surface area contributed by atoms with Crippen LogP contribution in [-0.2, 0) is 4.79 Å². The summed E-state index contributed by atoms with van der Waals surface area (Å²) in [4.78, 5) is 54.5. The number of likely N-dealkylation sites (tertiary alicyclic amines) is 1. The summed E-state index contributed by atoms with van der Waals surface area (Å²) in [5, 5.41) is 2.96. The van der Waals surface area contributed by atoms with Crippen molar-refractivity contribution in [1.82, 2.24) is 30.0 Å². The zero-order chi connectivity index (χ0) is 31.4. The molecule has 4 fully saturated rings. The molecule has 0 radical (unpaired) electrons. The molecule has 44 heavy (non-hydrogen) atoms. The molecule has 3 aliphatic heterocycles. The van der Waals surface area contributed by atoms with Crippen LogP contribution in [-0.4, -0.2) is 112 Å². The van der Waals surface area contributed by atoms with Gasteiger partial charge >= 0.3 is 12.2 Å². The topological polar surface area (TPSA) is 111 Å². The molecule has 11 nitrogen and oxygen atoms in total. The lowest BCUT2D eigenvalue weighted by molar-refractivity contribution is -0.186. The van der Waals surface area contributed by atoms with E-state index in [2.05, 4.69) is 10.3 Å². The molecule has 3 saturated heterocycles. The van der Waals surface area contributed by atoms with Gasteiger partial charge in [0.25, 0.3) is 5.91 Å². The van der Waals surface area contributed by atoms with Gasteiger partial charge in [-0.1, -0.05) is 6.92 Å². The first kappa shape index (κ1) is 29.9. The van der Waals surface area contributed by atoms with Gasteiger partial charge in [0.1, 0.15) is 5.54 Å². The zero-order valence-electron chi connectivity index (χ0n) is 24.9. The van der Waals surface area contributed by atoms with Crippen molar-refractivity contribution in [3.05, 3.63) is 36.2 Å². The Morgan fingerprint density at radius 2 is 1.86 bits per heavy atom. The van der Waals surface area contributed by atoms with Gasteiger partial charge in [0.2, 0.25) is 11.8 Å². The first-order valence-electron chi connectivity index (χ1n) is 15.0. The first-order chi connectivity index (χ1) is 21.0. The molecule has 6 rings (SSSR count). The van der Waals surface area contributed by atoms with Gasteiger partial charge in [-0.25, -0.2) is 14.8 Å². The number of amides is 4. The van der Waals surface area contributed by atoms with Gasteiger partial charge in [-0.3, -0.25) is 9.59 Å². The number of urea groups is 1. The molecule has 1 saturated carbocycles. The van der Waals surface area contributed by atoms with Crippen molar-refractivity contribution in [3.8, 4) is 17.1 Å². The molecule has 4 aliphatic rings. The van der Waals surface area contributed by atoms with Crippen molar-refractivity contribution < 1.29 is 32.3 Å². The van der Waals surface area contributed by atoms with E-state index < -0.39 is 35.7 Å². The quantitative estimate of drug-likeness (QED) is 0.485. The Morgan fingerprint density at radius 3 is 2.50 bits per heavy atom. The molecule has 0 spiro atoms. The second-order valence-electron chi connectivity index (χ2n) is 11.9. The number of carbonyl (C=O) groups excluding carboxylic acids is 3. The fourth-order valence-corrected chi connectivity index (χ4v) is 6.66. The lowest BCUT2D eigenvalue weighted by Gasteiger charge is -2.44. The number of alkyl halides is 3. The number of likely N-dealkylation sites (N-methyl/N-ethyl adjacent to an activating group) is 1. The number of pyridine rings is 2. The lowest BCUT2D eigenvalue weighted by atomic mass is 10.0. The molecule has 5 heterocycles. The number of nitrogens with one attached hydrogen (secondary N) is 1. The van der Waals surface area contributed by atoms with Gasteiger partial charge in [0.05, 0.1) is 35.6 Å². The van der Waals surface area contributed by atoms with Gasteiger partial charge < -0.3 is 29.7 Å². The molecule has 0 bridgehead atoms. The highest BCUT2D eigenvalue weighted by Crippen LogP contribution is 2.55. The van der Waals surface area contributed by atoms with Crippen LogP contribution in [0.4, 0.5) is 23.7 Å². The maximum atomic E-state index is 14.0. The predicted molar refractivity (Wildman–Crippen MR) is 154 cm³/mol. The zero-order valence-corrected chi connectivity index (χ0v) is 24.9. The van der Waals surface area contributed by atoms with Crippen LogP contribution in [0.25, 0.3) is 11.3 Å². The Morgan fingerprint density at radius 1 is 1.09 bits per heavy atom. The average Bonchev–Trinajstić information content (AvgIpc) is 3.68. The van der Waals surface area contributed by atoms with E-state index in [0.29, 0.717) is 42.4 Å². The van der Waals surface area contributed by atoms with Crippen molar-refractivity contribution in [2.75, 3.05) is 44.7 Å². The molecular formula is C30H36F3N7O4. The Hall–Kier alpha value is -4.10. The Kier molecular flexibility index (Phi) is 7.57. The second kappa shape index (κ2) is 11.1. The standard InChI is InChI=1S/C30H36F3N7O4/c1-4-19-15-39-20(17-40(28(39)43)29(10-11-29)30(31,32)33)16-38(19)23-9-8-22(21-7-6-12-34-27(21)44-5-2)36-25(23)26(42)35-18-13-24(41)37(3)14-18/h6-9,12,18-20H,4-5,10-11,13-17H2,1-3H3,(H,35,42)/t18-,19-,20+/m1/s1. The minimum absolute atomic E-state index is 0.0394. The monoisotopic (exact) mass is 615 g/mol. The summed E-state index contributed by atoms with van der Waals surface area (Å²) < 4.78 is 47.6. The second-order valence-corrected chi connectivity index (χ2v) is 11.9. The summed E-state index contributed by atoms with van der Waals surface area (Å²) in [7, 11) is 1.68. The number of piperazine rings is 1. The number of aromatic nitrogens is 2. The summed E-state index contributed by atoms with van der Waals surface area (Å²) in [6.45, 7) is 4.97. The Bertz CT molecular complexity index is 1470. The maximum Gasteiger partial charge on any atom is 0.411 e. The molecule has 2 aromatic heterocycles. The summed E-state index contributed by atoms with van der Waals surface area (Å²) >= 11 is 0. The Balaban J connectivity index is 1.35. The third kappa shape index (κ3) is 5.07. The van der Waals surface area contributed by atoms with Gasteiger partial charge in [0, 0.05) is 51.9 Å². The van der Waals surface area contributed by atoms with E-state index in [1.165, 1.54) is 0 Å². The van der Waals surface area contributed by atoms with Crippen molar-refractivity contribution in [1.29, 1.82) is 0 Å². The summed E-state index contributed by atoms with van der Waals surface area (Å²) in [6, 6.07) is 5.39. The van der Waals surface area contributed by atoms with E-state index in [-0.39, 0.29) is 56.5 Å². The van der Waals surface area contributed by atoms with Crippen LogP contribution in [0.3, 0.4) is 0 Å². The number of halogens is 3. The van der Waals surface area contributed by atoms with Crippen LogP contribution >= 0.6 is 0 Å². The summed E-state index contributed by atoms with van der Waals surface area (Å²) in [5.74, 6) is -0.168. The average molecular weight is 616 g/mol. The van der Waals surface area contributed by atoms with Crippen LogP contribution in [0.15, 0.2) is 30.5 Å². The number of fused-ring (bicyclic) bond motifs is 1. The van der Waals surface area contributed by atoms with Crippen molar-refractivity contribution in [2.45, 2.75) is 69.4 Å².